The first kappa shape index (κ1) is 25.6. The molecule has 2 aliphatic carbocycles. The molecule has 37 heavy (non-hydrogen) atoms. The van der Waals surface area contributed by atoms with E-state index in [-0.39, 0.29) is 0 Å². The number of aliphatic imine (C=N–C) groups is 1. The van der Waals surface area contributed by atoms with Crippen LogP contribution in [0.15, 0.2) is 94.3 Å². The number of nitrogens with zero attached hydrogens (tertiary/aromatic N) is 1. The van der Waals surface area contributed by atoms with Crippen molar-refractivity contribution in [3.63, 3.8) is 0 Å². The van der Waals surface area contributed by atoms with E-state index in [2.05, 4.69) is 61.5 Å². The Labute approximate surface area is 223 Å². The minimum absolute atomic E-state index is 0.365. The summed E-state index contributed by atoms with van der Waals surface area (Å²) in [5, 5.41) is 0. The van der Waals surface area contributed by atoms with Crippen LogP contribution in [0.4, 0.5) is 0 Å². The van der Waals surface area contributed by atoms with Gasteiger partial charge in [0.25, 0.3) is 0 Å². The van der Waals surface area contributed by atoms with E-state index in [1.807, 2.05) is 12.1 Å². The molecule has 1 aliphatic heterocycles. The first-order chi connectivity index (χ1) is 18.3. The number of ether oxygens (including phenoxy) is 2. The third-order valence-electron chi connectivity index (χ3n) is 8.04. The molecule has 2 aromatic rings. The van der Waals surface area contributed by atoms with Crippen molar-refractivity contribution in [1.82, 2.24) is 0 Å². The number of hydrogen-bond acceptors (Lipinski definition) is 3. The van der Waals surface area contributed by atoms with Crippen molar-refractivity contribution in [2.24, 2.45) is 10.9 Å². The van der Waals surface area contributed by atoms with Crippen molar-refractivity contribution in [3.8, 4) is 5.75 Å². The second kappa shape index (κ2) is 12.4. The number of methoxy groups -OCH3 is 1. The van der Waals surface area contributed by atoms with E-state index in [0.29, 0.717) is 18.4 Å². The van der Waals surface area contributed by atoms with Crippen LogP contribution in [0.5, 0.6) is 5.75 Å². The molecule has 3 aliphatic rings. The molecular weight excluding hydrogens is 454 g/mol. The highest BCUT2D eigenvalue weighted by molar-refractivity contribution is 6.07. The van der Waals surface area contributed by atoms with Gasteiger partial charge < -0.3 is 9.47 Å². The van der Waals surface area contributed by atoms with E-state index in [4.69, 9.17) is 14.5 Å². The number of allylic oxidation sites excluding steroid dienone is 4. The summed E-state index contributed by atoms with van der Waals surface area (Å²) in [6.45, 7) is 2.85. The van der Waals surface area contributed by atoms with Crippen LogP contribution in [0.2, 0.25) is 0 Å². The van der Waals surface area contributed by atoms with Crippen LogP contribution in [0.3, 0.4) is 0 Å². The second-order valence-corrected chi connectivity index (χ2v) is 10.6. The molecule has 0 spiro atoms. The van der Waals surface area contributed by atoms with Crippen LogP contribution in [0, 0.1) is 5.92 Å². The summed E-state index contributed by atoms with van der Waals surface area (Å²) in [5.74, 6) is 2.63. The Morgan fingerprint density at radius 1 is 0.919 bits per heavy atom. The molecule has 0 saturated heterocycles. The van der Waals surface area contributed by atoms with Gasteiger partial charge in [0.05, 0.1) is 7.11 Å². The molecule has 1 saturated carbocycles. The van der Waals surface area contributed by atoms with Gasteiger partial charge in [0.2, 0.25) is 0 Å². The lowest BCUT2D eigenvalue weighted by Crippen LogP contribution is -2.19. The molecule has 3 nitrogen and oxygen atoms in total. The van der Waals surface area contributed by atoms with E-state index in [1.165, 1.54) is 79.4 Å². The van der Waals surface area contributed by atoms with Crippen LogP contribution < -0.4 is 4.74 Å². The van der Waals surface area contributed by atoms with Gasteiger partial charge in [-0.3, -0.25) is 0 Å². The van der Waals surface area contributed by atoms with E-state index >= 15 is 0 Å². The monoisotopic (exact) mass is 495 g/mol. The van der Waals surface area contributed by atoms with Crippen molar-refractivity contribution in [2.75, 3.05) is 7.11 Å². The Balaban J connectivity index is 1.45. The third kappa shape index (κ3) is 5.92. The third-order valence-corrected chi connectivity index (χ3v) is 8.04. The summed E-state index contributed by atoms with van der Waals surface area (Å²) in [5.41, 5.74) is 7.80. The normalized spacial score (nSPS) is 20.5. The van der Waals surface area contributed by atoms with Crippen molar-refractivity contribution in [2.45, 2.75) is 83.7 Å². The Morgan fingerprint density at radius 2 is 1.76 bits per heavy atom. The van der Waals surface area contributed by atoms with Gasteiger partial charge in [-0.15, -0.1) is 0 Å². The Bertz CT molecular complexity index is 1190. The van der Waals surface area contributed by atoms with Crippen molar-refractivity contribution >= 4 is 5.71 Å². The molecule has 2 atom stereocenters. The fraction of sp³-hybridized carbons (Fsp3) is 0.441. The smallest absolute Gasteiger partial charge is 0.145 e. The maximum Gasteiger partial charge on any atom is 0.145 e. The number of benzene rings is 2. The zero-order valence-corrected chi connectivity index (χ0v) is 22.5. The van der Waals surface area contributed by atoms with E-state index in [0.717, 1.165) is 30.0 Å². The molecule has 0 bridgehead atoms. The fourth-order valence-corrected chi connectivity index (χ4v) is 6.11. The van der Waals surface area contributed by atoms with E-state index < -0.39 is 0 Å². The van der Waals surface area contributed by atoms with Gasteiger partial charge in [-0.2, -0.15) is 0 Å². The fourth-order valence-electron chi connectivity index (χ4n) is 6.11. The molecule has 1 heterocycles. The van der Waals surface area contributed by atoms with Crippen molar-refractivity contribution in [1.29, 1.82) is 0 Å². The maximum atomic E-state index is 6.42. The SMILES string of the molecule is CCCCCCCCC1C=CC(OCc2ccccc2)=C2N=C3CCCC(c4cccc(OC)c4)C3=C21. The first-order valence-electron chi connectivity index (χ1n) is 14.3. The maximum absolute atomic E-state index is 6.42. The molecule has 1 fully saturated rings. The summed E-state index contributed by atoms with van der Waals surface area (Å²) >= 11 is 0. The average molecular weight is 496 g/mol. The summed E-state index contributed by atoms with van der Waals surface area (Å²) in [6, 6.07) is 19.1. The minimum atomic E-state index is 0.365. The highest BCUT2D eigenvalue weighted by Gasteiger charge is 2.38. The molecule has 3 heteroatoms. The molecular formula is C34H41NO2. The predicted octanol–water partition coefficient (Wildman–Crippen LogP) is 9.08. The van der Waals surface area contributed by atoms with Gasteiger partial charge in [0, 0.05) is 17.5 Å². The molecule has 0 amide bonds. The van der Waals surface area contributed by atoms with Gasteiger partial charge in [-0.1, -0.05) is 94.0 Å². The van der Waals surface area contributed by atoms with Crippen LogP contribution in [0.25, 0.3) is 0 Å². The molecule has 0 radical (unpaired) electrons. The van der Waals surface area contributed by atoms with Gasteiger partial charge in [0.15, 0.2) is 0 Å². The molecule has 2 unspecified atom stereocenters. The molecule has 5 rings (SSSR count). The first-order valence-corrected chi connectivity index (χ1v) is 14.3. The van der Waals surface area contributed by atoms with Crippen LogP contribution in [-0.4, -0.2) is 12.8 Å². The van der Waals surface area contributed by atoms with Gasteiger partial charge in [-0.05, 0) is 66.2 Å². The van der Waals surface area contributed by atoms with Gasteiger partial charge in [-0.25, -0.2) is 4.99 Å². The Kier molecular flexibility index (Phi) is 8.61. The minimum Gasteiger partial charge on any atom is -0.497 e. The number of fused-ring (bicyclic) bond motifs is 2. The molecule has 2 aromatic carbocycles. The van der Waals surface area contributed by atoms with Crippen LogP contribution in [0.1, 0.15) is 88.2 Å². The largest absolute Gasteiger partial charge is 0.497 e. The zero-order valence-electron chi connectivity index (χ0n) is 22.5. The highest BCUT2D eigenvalue weighted by atomic mass is 16.5. The lowest BCUT2D eigenvalue weighted by molar-refractivity contribution is 0.206. The second-order valence-electron chi connectivity index (χ2n) is 10.6. The quantitative estimate of drug-likeness (QED) is 0.275. The van der Waals surface area contributed by atoms with Gasteiger partial charge >= 0.3 is 0 Å². The Hall–Kier alpha value is -3.07. The highest BCUT2D eigenvalue weighted by Crippen LogP contribution is 2.49. The predicted molar refractivity (Wildman–Crippen MR) is 153 cm³/mol. The van der Waals surface area contributed by atoms with Crippen molar-refractivity contribution < 1.29 is 9.47 Å². The van der Waals surface area contributed by atoms with Gasteiger partial charge in [0.1, 0.15) is 23.8 Å². The molecule has 0 aromatic heterocycles. The molecule has 0 N–H and O–H groups in total. The number of unbranched alkanes of at least 4 members (excludes halogenated alkanes) is 5. The standard InChI is InChI=1S/C34H41NO2/c1-3-4-5-6-7-11-16-26-21-22-31(37-24-25-14-9-8-10-15-25)34-32(26)33-29(19-13-20-30(33)35-34)27-17-12-18-28(23-27)36-2/h8-10,12,14-15,17-18,21-23,26,29H,3-7,11,13,16,19-20,24H2,1-2H3. The average Bonchev–Trinajstić information content (AvgIpc) is 3.35. The summed E-state index contributed by atoms with van der Waals surface area (Å²) < 4.78 is 12.0. The topological polar surface area (TPSA) is 30.8 Å². The number of rotatable bonds is 12. The lowest BCUT2D eigenvalue weighted by Gasteiger charge is -2.29. The summed E-state index contributed by atoms with van der Waals surface area (Å²) in [6.07, 6.45) is 17.1. The van der Waals surface area contributed by atoms with Crippen molar-refractivity contribution in [3.05, 3.63) is 100 Å². The van der Waals surface area contributed by atoms with Crippen LogP contribution in [-0.2, 0) is 11.3 Å². The summed E-state index contributed by atoms with van der Waals surface area (Å²) in [4.78, 5) is 5.28. The van der Waals surface area contributed by atoms with E-state index in [1.54, 1.807) is 7.11 Å². The lowest BCUT2D eigenvalue weighted by atomic mass is 9.73. The molecule has 194 valence electrons. The Morgan fingerprint density at radius 3 is 2.59 bits per heavy atom. The summed E-state index contributed by atoms with van der Waals surface area (Å²) in [7, 11) is 1.75. The van der Waals surface area contributed by atoms with Crippen LogP contribution >= 0.6 is 0 Å². The number of hydrogen-bond donors (Lipinski definition) is 0. The zero-order chi connectivity index (χ0) is 25.5. The van der Waals surface area contributed by atoms with E-state index in [9.17, 15) is 0 Å².